The summed E-state index contributed by atoms with van der Waals surface area (Å²) in [5.74, 6) is -0.706. The third-order valence-electron chi connectivity index (χ3n) is 2.60. The molecule has 6 heteroatoms. The first-order chi connectivity index (χ1) is 8.63. The number of aromatic amines is 1. The second-order valence-electron chi connectivity index (χ2n) is 3.88. The third-order valence-corrected chi connectivity index (χ3v) is 2.60. The molecule has 6 nitrogen and oxygen atoms in total. The lowest BCUT2D eigenvalue weighted by atomic mass is 10.3. The zero-order valence-corrected chi connectivity index (χ0v) is 10.0. The van der Waals surface area contributed by atoms with Crippen LogP contribution in [0.25, 0.3) is 11.0 Å². The van der Waals surface area contributed by atoms with Gasteiger partial charge in [0.05, 0.1) is 11.0 Å². The molecule has 0 aliphatic carbocycles. The first-order valence-corrected chi connectivity index (χ1v) is 5.59. The summed E-state index contributed by atoms with van der Waals surface area (Å²) in [5.41, 5.74) is 7.18. The van der Waals surface area contributed by atoms with Gasteiger partial charge in [-0.05, 0) is 18.2 Å². The van der Waals surface area contributed by atoms with Gasteiger partial charge >= 0.3 is 0 Å². The number of fused-ring (bicyclic) bond motifs is 1. The Kier molecular flexibility index (Phi) is 3.38. The lowest BCUT2D eigenvalue weighted by molar-refractivity contribution is -0.126. The molecule has 0 radical (unpaired) electrons. The number of pyridine rings is 1. The number of carbonyl (C=O) groups is 2. The molecule has 0 aliphatic rings. The molecule has 94 valence electrons. The summed E-state index contributed by atoms with van der Waals surface area (Å²) in [6, 6.07) is 5.22. The zero-order chi connectivity index (χ0) is 13.1. The van der Waals surface area contributed by atoms with E-state index >= 15 is 0 Å². The Balaban J connectivity index is 2.34. The molecule has 2 aromatic heterocycles. The molecule has 0 aromatic carbocycles. The van der Waals surface area contributed by atoms with Crippen molar-refractivity contribution in [2.24, 2.45) is 5.73 Å². The second kappa shape index (κ2) is 4.97. The number of hydrogen-bond donors (Lipinski definition) is 2. The predicted molar refractivity (Wildman–Crippen MR) is 66.9 cm³/mol. The topological polar surface area (TPSA) is 92.1 Å². The highest BCUT2D eigenvalue weighted by Crippen LogP contribution is 2.13. The highest BCUT2D eigenvalue weighted by Gasteiger charge is 2.20. The van der Waals surface area contributed by atoms with Crippen molar-refractivity contribution < 1.29 is 9.59 Å². The van der Waals surface area contributed by atoms with Gasteiger partial charge in [0.1, 0.15) is 5.69 Å². The van der Waals surface area contributed by atoms with Crippen molar-refractivity contribution in [2.45, 2.75) is 6.92 Å². The van der Waals surface area contributed by atoms with E-state index in [0.29, 0.717) is 11.2 Å². The maximum Gasteiger partial charge on any atom is 0.276 e. The number of H-pyrrole nitrogens is 1. The van der Waals surface area contributed by atoms with Crippen LogP contribution >= 0.6 is 0 Å². The van der Waals surface area contributed by atoms with E-state index in [-0.39, 0.29) is 24.9 Å². The van der Waals surface area contributed by atoms with Crippen molar-refractivity contribution in [1.29, 1.82) is 0 Å². The molecular weight excluding hydrogens is 232 g/mol. The van der Waals surface area contributed by atoms with E-state index in [1.807, 2.05) is 6.07 Å². The fourth-order valence-corrected chi connectivity index (χ4v) is 1.75. The van der Waals surface area contributed by atoms with Crippen LogP contribution in [0, 0.1) is 0 Å². The van der Waals surface area contributed by atoms with Gasteiger partial charge in [-0.3, -0.25) is 19.5 Å². The average molecular weight is 246 g/mol. The number of amides is 2. The van der Waals surface area contributed by atoms with Gasteiger partial charge in [-0.25, -0.2) is 0 Å². The molecule has 2 amide bonds. The summed E-state index contributed by atoms with van der Waals surface area (Å²) >= 11 is 0. The summed E-state index contributed by atoms with van der Waals surface area (Å²) in [7, 11) is 0. The molecule has 0 aliphatic heterocycles. The van der Waals surface area contributed by atoms with E-state index < -0.39 is 0 Å². The van der Waals surface area contributed by atoms with E-state index in [1.54, 1.807) is 18.3 Å². The largest absolute Gasteiger partial charge is 0.349 e. The Morgan fingerprint density at radius 1 is 1.50 bits per heavy atom. The number of imide groups is 1. The van der Waals surface area contributed by atoms with E-state index in [9.17, 15) is 9.59 Å². The minimum atomic E-state index is -0.383. The number of nitrogens with zero attached hydrogens (tertiary/aromatic N) is 2. The highest BCUT2D eigenvalue weighted by atomic mass is 16.2. The van der Waals surface area contributed by atoms with Crippen molar-refractivity contribution in [1.82, 2.24) is 14.9 Å². The Morgan fingerprint density at radius 3 is 2.89 bits per heavy atom. The van der Waals surface area contributed by atoms with Gasteiger partial charge in [0.15, 0.2) is 0 Å². The number of nitrogens with one attached hydrogen (secondary N) is 1. The van der Waals surface area contributed by atoms with Crippen molar-refractivity contribution in [3.63, 3.8) is 0 Å². The minimum absolute atomic E-state index is 0.205. The summed E-state index contributed by atoms with van der Waals surface area (Å²) in [6.45, 7) is 1.79. The number of rotatable bonds is 3. The smallest absolute Gasteiger partial charge is 0.276 e. The molecule has 18 heavy (non-hydrogen) atoms. The third kappa shape index (κ3) is 2.23. The molecule has 0 saturated heterocycles. The standard InChI is InChI=1S/C12H14N4O2/c1-8(17)16(6-4-13)12(18)11-7-10-9(15-11)3-2-5-14-10/h2-3,5,7,15H,4,6,13H2,1H3. The van der Waals surface area contributed by atoms with Crippen LogP contribution in [-0.4, -0.2) is 39.8 Å². The molecule has 0 saturated carbocycles. The van der Waals surface area contributed by atoms with Crippen molar-refractivity contribution in [3.05, 3.63) is 30.1 Å². The number of aromatic nitrogens is 2. The van der Waals surface area contributed by atoms with Crippen LogP contribution in [0.4, 0.5) is 0 Å². The monoisotopic (exact) mass is 246 g/mol. The Bertz CT molecular complexity index is 558. The van der Waals surface area contributed by atoms with Crippen LogP contribution in [0.3, 0.4) is 0 Å². The summed E-state index contributed by atoms with van der Waals surface area (Å²) in [5, 5.41) is 0. The van der Waals surface area contributed by atoms with Gasteiger partial charge in [-0.1, -0.05) is 0 Å². The van der Waals surface area contributed by atoms with Gasteiger partial charge in [0.25, 0.3) is 5.91 Å². The molecule has 0 spiro atoms. The Morgan fingerprint density at radius 2 is 2.28 bits per heavy atom. The van der Waals surface area contributed by atoms with E-state index in [1.165, 1.54) is 6.92 Å². The van der Waals surface area contributed by atoms with Crippen LogP contribution in [0.5, 0.6) is 0 Å². The van der Waals surface area contributed by atoms with Gasteiger partial charge in [-0.15, -0.1) is 0 Å². The van der Waals surface area contributed by atoms with Gasteiger partial charge in [0.2, 0.25) is 5.91 Å². The second-order valence-corrected chi connectivity index (χ2v) is 3.88. The number of hydrogen-bond acceptors (Lipinski definition) is 4. The van der Waals surface area contributed by atoms with Crippen molar-refractivity contribution in [3.8, 4) is 0 Å². The van der Waals surface area contributed by atoms with Gasteiger partial charge in [-0.2, -0.15) is 0 Å². The van der Waals surface area contributed by atoms with Crippen molar-refractivity contribution in [2.75, 3.05) is 13.1 Å². The van der Waals surface area contributed by atoms with Crippen LogP contribution in [0.1, 0.15) is 17.4 Å². The Labute approximate surface area is 104 Å². The van der Waals surface area contributed by atoms with E-state index in [4.69, 9.17) is 5.73 Å². The lowest BCUT2D eigenvalue weighted by Crippen LogP contribution is -2.39. The van der Waals surface area contributed by atoms with E-state index in [2.05, 4.69) is 9.97 Å². The molecule has 0 bridgehead atoms. The maximum absolute atomic E-state index is 12.1. The molecule has 2 aromatic rings. The van der Waals surface area contributed by atoms with Crippen LogP contribution < -0.4 is 5.73 Å². The normalized spacial score (nSPS) is 10.6. The van der Waals surface area contributed by atoms with Crippen LogP contribution in [-0.2, 0) is 4.79 Å². The summed E-state index contributed by atoms with van der Waals surface area (Å²) in [4.78, 5) is 31.7. The molecule has 0 atom stereocenters. The van der Waals surface area contributed by atoms with Crippen molar-refractivity contribution >= 4 is 22.8 Å². The molecule has 3 N–H and O–H groups in total. The lowest BCUT2D eigenvalue weighted by Gasteiger charge is -2.16. The highest BCUT2D eigenvalue weighted by molar-refractivity contribution is 6.05. The van der Waals surface area contributed by atoms with Crippen LogP contribution in [0.2, 0.25) is 0 Å². The minimum Gasteiger partial charge on any atom is -0.349 e. The number of carbonyl (C=O) groups excluding carboxylic acids is 2. The van der Waals surface area contributed by atoms with E-state index in [0.717, 1.165) is 10.4 Å². The summed E-state index contributed by atoms with van der Waals surface area (Å²) in [6.07, 6.45) is 1.65. The maximum atomic E-state index is 12.1. The molecular formula is C12H14N4O2. The fraction of sp³-hybridized carbons (Fsp3) is 0.250. The summed E-state index contributed by atoms with van der Waals surface area (Å²) < 4.78 is 0. The first-order valence-electron chi connectivity index (χ1n) is 5.59. The molecule has 0 unspecified atom stereocenters. The Hall–Kier alpha value is -2.21. The van der Waals surface area contributed by atoms with Gasteiger partial charge in [0, 0.05) is 26.2 Å². The molecule has 2 heterocycles. The molecule has 0 fully saturated rings. The van der Waals surface area contributed by atoms with Gasteiger partial charge < -0.3 is 10.7 Å². The zero-order valence-electron chi connectivity index (χ0n) is 10.0. The average Bonchev–Trinajstić information content (AvgIpc) is 2.78. The number of nitrogens with two attached hydrogens (primary N) is 1. The SMILES string of the molecule is CC(=O)N(CCN)C(=O)c1cc2ncccc2[nH]1. The first kappa shape index (κ1) is 12.3. The van der Waals surface area contributed by atoms with Crippen LogP contribution in [0.15, 0.2) is 24.4 Å². The molecule has 2 rings (SSSR count). The predicted octanol–water partition coefficient (Wildman–Crippen LogP) is 0.510. The fourth-order valence-electron chi connectivity index (χ4n) is 1.75. The quantitative estimate of drug-likeness (QED) is 0.825.